The maximum absolute atomic E-state index is 12.2. The summed E-state index contributed by atoms with van der Waals surface area (Å²) in [6.07, 6.45) is 15.5. The number of thiazole rings is 2. The Morgan fingerprint density at radius 3 is 1.73 bits per heavy atom. The fraction of sp³-hybridized carbons (Fsp3) is 0.333. The molecule has 0 saturated carbocycles. The van der Waals surface area contributed by atoms with Crippen LogP contribution < -0.4 is 16.0 Å². The molecule has 0 spiro atoms. The summed E-state index contributed by atoms with van der Waals surface area (Å²) < 4.78 is 11.3. The zero-order chi connectivity index (χ0) is 37.0. The average molecular weight is 832 g/mol. The van der Waals surface area contributed by atoms with E-state index in [0.717, 1.165) is 52.9 Å². The molecule has 0 radical (unpaired) electrons. The van der Waals surface area contributed by atoms with Crippen LogP contribution in [0.4, 0.5) is 11.6 Å². The lowest BCUT2D eigenvalue weighted by atomic mass is 10.0. The molecule has 2 saturated heterocycles. The maximum Gasteiger partial charge on any atom is 0.328 e. The number of nitrogens with zero attached hydrogens (tertiary/aromatic N) is 5. The largest absolute Gasteiger partial charge is 0.478 e. The van der Waals surface area contributed by atoms with Crippen molar-refractivity contribution in [1.82, 2.24) is 30.2 Å². The van der Waals surface area contributed by atoms with E-state index < -0.39 is 5.97 Å². The van der Waals surface area contributed by atoms with Gasteiger partial charge in [-0.3, -0.25) is 24.4 Å². The number of ether oxygens (including phenoxy) is 2. The average Bonchev–Trinajstić information content (AvgIpc) is 3.84. The van der Waals surface area contributed by atoms with E-state index in [1.807, 2.05) is 23.8 Å². The number of fused-ring (bicyclic) bond motifs is 2. The number of nitrogens with one attached hydrogen (secondary N) is 3. The molecule has 15 nitrogen and oxygen atoms in total. The number of aryl methyl sites for hydroxylation is 2. The van der Waals surface area contributed by atoms with Gasteiger partial charge in [-0.1, -0.05) is 0 Å². The number of amides is 3. The molecule has 3 amide bonds. The highest BCUT2D eigenvalue weighted by atomic mass is 35.5. The van der Waals surface area contributed by atoms with Gasteiger partial charge in [-0.05, 0) is 59.4 Å². The van der Waals surface area contributed by atoms with Crippen LogP contribution in [0.1, 0.15) is 44.8 Å². The van der Waals surface area contributed by atoms with Crippen LogP contribution in [0.3, 0.4) is 0 Å². The van der Waals surface area contributed by atoms with Gasteiger partial charge in [-0.25, -0.2) is 14.8 Å². The summed E-state index contributed by atoms with van der Waals surface area (Å²) in [5.74, 6) is 0.124. The van der Waals surface area contributed by atoms with Gasteiger partial charge in [0, 0.05) is 76.0 Å². The standard InChI is InChI=1S/C18H18N4O3S.C11H10N2O3.C7H10N2OS.2ClH/c23-16-3-2-13-5-12(6-20-18(13)21-16)1-4-17(24)22-8-14(9-22)25-10-15-7-19-11-26-15;14-9-3-2-8-5-7(1-4-10(15)16)6-12-11(8)13-9;1-6(2-8-1)10-4-7-3-9-5-11-7;;/h1,4-7,11,14H,2-3,8-10H2,(H,20,21,23);1,4-6H,2-3H2,(H,15,16)(H,12,13,14);3,5-6,8H,1-2,4H2;2*1H/b2*4-1+;;;. The lowest BCUT2D eigenvalue weighted by Gasteiger charge is -2.38. The van der Waals surface area contributed by atoms with Crippen molar-refractivity contribution >= 4 is 95.0 Å². The lowest BCUT2D eigenvalue weighted by Crippen LogP contribution is -2.54. The SMILES string of the molecule is Cl.Cl.O=C(O)/C=C/c1cnc2c(c1)CCC(=O)N2.O=C1CCc2cc(/C=C/C(=O)N3CC(OCc4cncs4)C3)cnc2N1.c1ncc(COC2CNC2)s1. The Kier molecular flexibility index (Phi) is 16.8. The fourth-order valence-electron chi connectivity index (χ4n) is 5.30. The van der Waals surface area contributed by atoms with Crippen molar-refractivity contribution in [1.29, 1.82) is 0 Å². The second-order valence-corrected chi connectivity index (χ2v) is 14.3. The van der Waals surface area contributed by atoms with E-state index in [1.165, 1.54) is 17.2 Å². The van der Waals surface area contributed by atoms with Crippen LogP contribution in [0.15, 0.2) is 60.1 Å². The number of likely N-dealkylation sites (tertiary alicyclic amines) is 1. The Morgan fingerprint density at radius 1 is 0.764 bits per heavy atom. The maximum atomic E-state index is 12.2. The van der Waals surface area contributed by atoms with Gasteiger partial charge in [-0.15, -0.1) is 47.5 Å². The molecule has 4 aliphatic rings. The van der Waals surface area contributed by atoms with Gasteiger partial charge >= 0.3 is 5.97 Å². The van der Waals surface area contributed by atoms with Crippen molar-refractivity contribution in [2.45, 2.75) is 51.1 Å². The van der Waals surface area contributed by atoms with Gasteiger partial charge in [0.2, 0.25) is 17.7 Å². The van der Waals surface area contributed by atoms with Crippen LogP contribution in [0.25, 0.3) is 12.2 Å². The molecule has 4 aliphatic heterocycles. The normalized spacial score (nSPS) is 16.0. The van der Waals surface area contributed by atoms with E-state index in [1.54, 1.807) is 57.6 Å². The molecule has 19 heteroatoms. The molecule has 8 rings (SSSR count). The number of pyridine rings is 2. The molecule has 4 aromatic heterocycles. The quantitative estimate of drug-likeness (QED) is 0.165. The van der Waals surface area contributed by atoms with Crippen molar-refractivity contribution in [3.63, 3.8) is 0 Å². The summed E-state index contributed by atoms with van der Waals surface area (Å²) in [7, 11) is 0. The number of aromatic nitrogens is 4. The number of hydrogen-bond donors (Lipinski definition) is 4. The summed E-state index contributed by atoms with van der Waals surface area (Å²) in [6, 6.07) is 3.80. The third-order valence-corrected chi connectivity index (χ3v) is 9.87. The molecule has 55 heavy (non-hydrogen) atoms. The summed E-state index contributed by atoms with van der Waals surface area (Å²) in [6.45, 7) is 4.48. The molecule has 0 aromatic carbocycles. The molecular formula is C36H40Cl2N8O7S2. The van der Waals surface area contributed by atoms with Gasteiger partial charge in [0.1, 0.15) is 11.6 Å². The van der Waals surface area contributed by atoms with Gasteiger partial charge in [0.25, 0.3) is 0 Å². The predicted octanol–water partition coefficient (Wildman–Crippen LogP) is 4.40. The smallest absolute Gasteiger partial charge is 0.328 e. The predicted molar refractivity (Wildman–Crippen MR) is 213 cm³/mol. The fourth-order valence-corrected chi connectivity index (χ4v) is 6.33. The first-order chi connectivity index (χ1) is 25.8. The number of anilines is 2. The first kappa shape index (κ1) is 43.1. The van der Waals surface area contributed by atoms with Crippen molar-refractivity contribution in [3.8, 4) is 0 Å². The van der Waals surface area contributed by atoms with Crippen LogP contribution in [-0.2, 0) is 54.7 Å². The zero-order valence-corrected chi connectivity index (χ0v) is 32.7. The number of carbonyl (C=O) groups excluding carboxylic acids is 3. The van der Waals surface area contributed by atoms with Crippen LogP contribution in [0.2, 0.25) is 0 Å². The number of halogens is 2. The van der Waals surface area contributed by atoms with Crippen molar-refractivity contribution in [2.75, 3.05) is 36.8 Å². The van der Waals surface area contributed by atoms with E-state index in [0.29, 0.717) is 63.1 Å². The molecule has 292 valence electrons. The molecule has 0 unspecified atom stereocenters. The highest BCUT2D eigenvalue weighted by Gasteiger charge is 2.30. The molecule has 4 aromatic rings. The molecule has 8 heterocycles. The third kappa shape index (κ3) is 13.3. The first-order valence-electron chi connectivity index (χ1n) is 16.9. The van der Waals surface area contributed by atoms with Crippen molar-refractivity contribution in [2.24, 2.45) is 0 Å². The van der Waals surface area contributed by atoms with Crippen LogP contribution in [-0.4, -0.2) is 92.0 Å². The molecule has 0 atom stereocenters. The Balaban J connectivity index is 0.000000198. The molecular weight excluding hydrogens is 791 g/mol. The van der Waals surface area contributed by atoms with E-state index in [2.05, 4.69) is 35.9 Å². The van der Waals surface area contributed by atoms with Crippen molar-refractivity contribution < 1.29 is 33.8 Å². The number of hydrogen-bond acceptors (Lipinski definition) is 13. The number of rotatable bonds is 10. The zero-order valence-electron chi connectivity index (χ0n) is 29.4. The summed E-state index contributed by atoms with van der Waals surface area (Å²) >= 11 is 3.21. The minimum Gasteiger partial charge on any atom is -0.478 e. The number of aliphatic carboxylic acids is 1. The lowest BCUT2D eigenvalue weighted by molar-refractivity contribution is -0.140. The van der Waals surface area contributed by atoms with E-state index in [-0.39, 0.29) is 48.6 Å². The summed E-state index contributed by atoms with van der Waals surface area (Å²) in [5, 5.41) is 17.0. The van der Waals surface area contributed by atoms with Crippen LogP contribution >= 0.6 is 47.5 Å². The monoisotopic (exact) mass is 830 g/mol. The summed E-state index contributed by atoms with van der Waals surface area (Å²) in [5.41, 5.74) is 7.12. The molecule has 0 bridgehead atoms. The molecule has 0 aliphatic carbocycles. The summed E-state index contributed by atoms with van der Waals surface area (Å²) in [4.78, 5) is 65.3. The number of carboxylic acid groups (broad SMARTS) is 1. The highest BCUT2D eigenvalue weighted by Crippen LogP contribution is 2.23. The van der Waals surface area contributed by atoms with Gasteiger partial charge in [-0.2, -0.15) is 0 Å². The van der Waals surface area contributed by atoms with Crippen LogP contribution in [0, 0.1) is 0 Å². The van der Waals surface area contributed by atoms with E-state index in [4.69, 9.17) is 14.6 Å². The van der Waals surface area contributed by atoms with Gasteiger partial charge in [0.15, 0.2) is 0 Å². The first-order valence-corrected chi connectivity index (χ1v) is 18.7. The Labute approximate surface area is 337 Å². The third-order valence-electron chi connectivity index (χ3n) is 8.36. The second kappa shape index (κ2) is 21.5. The Bertz CT molecular complexity index is 1950. The topological polar surface area (TPSA) is 198 Å². The minimum atomic E-state index is -0.994. The van der Waals surface area contributed by atoms with Gasteiger partial charge < -0.3 is 35.4 Å². The molecule has 2 fully saturated rings. The molecule has 4 N–H and O–H groups in total. The van der Waals surface area contributed by atoms with E-state index in [9.17, 15) is 19.2 Å². The van der Waals surface area contributed by atoms with Gasteiger partial charge in [0.05, 0.1) is 46.2 Å². The number of carboxylic acids is 1. The Morgan fingerprint density at radius 2 is 1.27 bits per heavy atom. The van der Waals surface area contributed by atoms with E-state index >= 15 is 0 Å². The highest BCUT2D eigenvalue weighted by molar-refractivity contribution is 7.09. The second-order valence-electron chi connectivity index (χ2n) is 12.4. The van der Waals surface area contributed by atoms with Crippen LogP contribution in [0.5, 0.6) is 0 Å². The minimum absolute atomic E-state index is 0. The Hall–Kier alpha value is -4.62. The van der Waals surface area contributed by atoms with Crippen molar-refractivity contribution in [3.05, 3.63) is 92.1 Å². The number of carbonyl (C=O) groups is 4.